The van der Waals surface area contributed by atoms with Gasteiger partial charge in [0.2, 0.25) is 0 Å². The summed E-state index contributed by atoms with van der Waals surface area (Å²) in [5.74, 6) is 0. The van der Waals surface area contributed by atoms with Gasteiger partial charge >= 0.3 is 0 Å². The minimum absolute atomic E-state index is 1.12. The molecule has 0 radical (unpaired) electrons. The van der Waals surface area contributed by atoms with Crippen LogP contribution in [0, 0.1) is 0 Å². The number of aromatic nitrogens is 2. The Morgan fingerprint density at radius 1 is 0.286 bits per heavy atom. The van der Waals surface area contributed by atoms with Crippen LogP contribution in [0.1, 0.15) is 0 Å². The Balaban J connectivity index is 1.40. The maximum absolute atomic E-state index is 4.39. The summed E-state index contributed by atoms with van der Waals surface area (Å²) in [4.78, 5) is 8.69. The highest BCUT2D eigenvalue weighted by atomic mass is 14.6. The average molecular weight is 535 g/mol. The van der Waals surface area contributed by atoms with Crippen molar-refractivity contribution in [3.05, 3.63) is 158 Å². The van der Waals surface area contributed by atoms with Crippen LogP contribution in [0.25, 0.3) is 76.8 Å². The van der Waals surface area contributed by atoms with Gasteiger partial charge in [0.25, 0.3) is 0 Å². The van der Waals surface area contributed by atoms with E-state index >= 15 is 0 Å². The first-order valence-corrected chi connectivity index (χ1v) is 14.2. The molecule has 2 heterocycles. The molecule has 0 fully saturated rings. The van der Waals surface area contributed by atoms with Gasteiger partial charge in [0.15, 0.2) is 0 Å². The van der Waals surface area contributed by atoms with Crippen LogP contribution in [0.15, 0.2) is 158 Å². The lowest BCUT2D eigenvalue weighted by Crippen LogP contribution is -1.92. The van der Waals surface area contributed by atoms with Gasteiger partial charge in [-0.2, -0.15) is 0 Å². The van der Waals surface area contributed by atoms with E-state index in [9.17, 15) is 0 Å². The van der Waals surface area contributed by atoms with E-state index in [2.05, 4.69) is 131 Å². The van der Waals surface area contributed by atoms with E-state index in [1.807, 2.05) is 36.9 Å². The minimum Gasteiger partial charge on any atom is -0.264 e. The Bertz CT molecular complexity index is 2160. The highest BCUT2D eigenvalue weighted by Crippen LogP contribution is 2.46. The van der Waals surface area contributed by atoms with Crippen LogP contribution < -0.4 is 0 Å². The van der Waals surface area contributed by atoms with E-state index in [0.29, 0.717) is 0 Å². The van der Waals surface area contributed by atoms with Crippen LogP contribution in [-0.2, 0) is 0 Å². The summed E-state index contributed by atoms with van der Waals surface area (Å²) < 4.78 is 0. The topological polar surface area (TPSA) is 25.8 Å². The predicted octanol–water partition coefficient (Wildman–Crippen LogP) is 10.6. The number of hydrogen-bond donors (Lipinski definition) is 0. The van der Waals surface area contributed by atoms with Crippen LogP contribution in [0.3, 0.4) is 0 Å². The zero-order valence-electron chi connectivity index (χ0n) is 22.9. The normalized spacial score (nSPS) is 11.3. The number of rotatable bonds is 4. The van der Waals surface area contributed by atoms with Crippen LogP contribution in [0.5, 0.6) is 0 Å². The molecule has 2 aromatic heterocycles. The average Bonchev–Trinajstić information content (AvgIpc) is 3.07. The summed E-state index contributed by atoms with van der Waals surface area (Å²) >= 11 is 0. The lowest BCUT2D eigenvalue weighted by molar-refractivity contribution is 1.33. The smallest absolute Gasteiger partial charge is 0.0346 e. The first-order chi connectivity index (χ1) is 20.9. The van der Waals surface area contributed by atoms with Crippen LogP contribution >= 0.6 is 0 Å². The van der Waals surface area contributed by atoms with Crippen molar-refractivity contribution in [2.45, 2.75) is 0 Å². The Morgan fingerprint density at radius 3 is 1.33 bits per heavy atom. The molecule has 0 saturated heterocycles. The number of nitrogens with zero attached hydrogens (tertiary/aromatic N) is 2. The molecule has 2 heteroatoms. The molecule has 0 aliphatic rings. The standard InChI is InChI=1S/C40H26N2/c1-3-13-37-35(11-1)39(28-21-19-27(20-22-28)29-9-7-23-41-25-29)36-12-2-4-14-38(36)40(37)34-18-6-16-32-31(15-5-17-33(32)34)30-10-8-24-42-26-30/h1-26H. The SMILES string of the molecule is c1cncc(-c2ccc(-c3c4ccccc4c(-c4cccc5c(-c6cccnc6)cccc45)c4ccccc34)cc2)c1. The second-order valence-corrected chi connectivity index (χ2v) is 10.6. The number of benzene rings is 6. The molecule has 0 N–H and O–H groups in total. The number of hydrogen-bond acceptors (Lipinski definition) is 2. The predicted molar refractivity (Wildman–Crippen MR) is 176 cm³/mol. The summed E-state index contributed by atoms with van der Waals surface area (Å²) in [6, 6.07) is 48.1. The van der Waals surface area contributed by atoms with Gasteiger partial charge in [-0.3, -0.25) is 9.97 Å². The molecule has 0 aliphatic heterocycles. The molecule has 196 valence electrons. The van der Waals surface area contributed by atoms with Crippen LogP contribution in [-0.4, -0.2) is 9.97 Å². The second-order valence-electron chi connectivity index (χ2n) is 10.6. The maximum Gasteiger partial charge on any atom is 0.0346 e. The quantitative estimate of drug-likeness (QED) is 0.210. The fraction of sp³-hybridized carbons (Fsp3) is 0. The molecule has 42 heavy (non-hydrogen) atoms. The maximum atomic E-state index is 4.39. The molecule has 0 aliphatic carbocycles. The zero-order chi connectivity index (χ0) is 27.9. The molecular weight excluding hydrogens is 508 g/mol. The van der Waals surface area contributed by atoms with Crippen molar-refractivity contribution in [1.82, 2.24) is 9.97 Å². The highest BCUT2D eigenvalue weighted by molar-refractivity contribution is 6.24. The van der Waals surface area contributed by atoms with Crippen LogP contribution in [0.4, 0.5) is 0 Å². The van der Waals surface area contributed by atoms with Gasteiger partial charge in [0.1, 0.15) is 0 Å². The molecule has 0 amide bonds. The Morgan fingerprint density at radius 2 is 0.762 bits per heavy atom. The summed E-state index contributed by atoms with van der Waals surface area (Å²) in [6.07, 6.45) is 7.50. The molecule has 0 atom stereocenters. The summed E-state index contributed by atoms with van der Waals surface area (Å²) in [6.45, 7) is 0. The number of fused-ring (bicyclic) bond motifs is 3. The van der Waals surface area contributed by atoms with Gasteiger partial charge in [0.05, 0.1) is 0 Å². The van der Waals surface area contributed by atoms with Gasteiger partial charge in [0, 0.05) is 30.4 Å². The molecular formula is C40H26N2. The molecule has 0 unspecified atom stereocenters. The Hall–Kier alpha value is -5.60. The minimum atomic E-state index is 1.12. The Labute approximate surface area is 244 Å². The van der Waals surface area contributed by atoms with Gasteiger partial charge < -0.3 is 0 Å². The van der Waals surface area contributed by atoms with Gasteiger partial charge in [-0.25, -0.2) is 0 Å². The third kappa shape index (κ3) is 3.96. The van der Waals surface area contributed by atoms with Crippen molar-refractivity contribution >= 4 is 32.3 Å². The first kappa shape index (κ1) is 24.2. The monoisotopic (exact) mass is 534 g/mol. The van der Waals surface area contributed by atoms with E-state index < -0.39 is 0 Å². The molecule has 0 spiro atoms. The zero-order valence-corrected chi connectivity index (χ0v) is 22.9. The first-order valence-electron chi connectivity index (χ1n) is 14.2. The molecule has 8 rings (SSSR count). The highest BCUT2D eigenvalue weighted by Gasteiger charge is 2.18. The lowest BCUT2D eigenvalue weighted by Gasteiger charge is -2.19. The van der Waals surface area contributed by atoms with Crippen molar-refractivity contribution in [3.8, 4) is 44.5 Å². The molecule has 8 aromatic rings. The van der Waals surface area contributed by atoms with Crippen molar-refractivity contribution in [2.75, 3.05) is 0 Å². The van der Waals surface area contributed by atoms with Gasteiger partial charge in [-0.1, -0.05) is 121 Å². The summed E-state index contributed by atoms with van der Waals surface area (Å²) in [5, 5.41) is 7.47. The second kappa shape index (κ2) is 10.1. The summed E-state index contributed by atoms with van der Waals surface area (Å²) in [7, 11) is 0. The molecule has 0 saturated carbocycles. The van der Waals surface area contributed by atoms with E-state index in [0.717, 1.165) is 16.7 Å². The van der Waals surface area contributed by atoms with Crippen LogP contribution in [0.2, 0.25) is 0 Å². The van der Waals surface area contributed by atoms with Crippen molar-refractivity contribution in [2.24, 2.45) is 0 Å². The van der Waals surface area contributed by atoms with Crippen molar-refractivity contribution in [3.63, 3.8) is 0 Å². The van der Waals surface area contributed by atoms with E-state index in [-0.39, 0.29) is 0 Å². The van der Waals surface area contributed by atoms with E-state index in [1.165, 1.54) is 60.1 Å². The fourth-order valence-electron chi connectivity index (χ4n) is 6.39. The largest absolute Gasteiger partial charge is 0.264 e. The lowest BCUT2D eigenvalue weighted by atomic mass is 9.84. The Kier molecular flexibility index (Phi) is 5.82. The van der Waals surface area contributed by atoms with E-state index in [1.54, 1.807) is 0 Å². The van der Waals surface area contributed by atoms with Crippen molar-refractivity contribution < 1.29 is 0 Å². The molecule has 6 aromatic carbocycles. The number of pyridine rings is 2. The van der Waals surface area contributed by atoms with Gasteiger partial charge in [-0.15, -0.1) is 0 Å². The van der Waals surface area contributed by atoms with Gasteiger partial charge in [-0.05, 0) is 83.4 Å². The third-order valence-corrected chi connectivity index (χ3v) is 8.26. The third-order valence-electron chi connectivity index (χ3n) is 8.26. The molecule has 0 bridgehead atoms. The fourth-order valence-corrected chi connectivity index (χ4v) is 6.39. The van der Waals surface area contributed by atoms with Crippen molar-refractivity contribution in [1.29, 1.82) is 0 Å². The van der Waals surface area contributed by atoms with E-state index in [4.69, 9.17) is 0 Å². The summed E-state index contributed by atoms with van der Waals surface area (Å²) in [5.41, 5.74) is 9.58. The molecule has 2 nitrogen and oxygen atoms in total.